The molecule has 4 rings (SSSR count). The van der Waals surface area contributed by atoms with Crippen LogP contribution in [0.4, 0.5) is 6.01 Å². The third-order valence-corrected chi connectivity index (χ3v) is 9.29. The summed E-state index contributed by atoms with van der Waals surface area (Å²) in [6.45, 7) is 4.85. The molecule has 11 heteroatoms. The molecule has 1 amide bonds. The lowest BCUT2D eigenvalue weighted by molar-refractivity contribution is -0.121. The lowest BCUT2D eigenvalue weighted by atomic mass is 9.97. The third-order valence-electron chi connectivity index (χ3n) is 5.02. The van der Waals surface area contributed by atoms with Crippen LogP contribution in [0.5, 0.6) is 0 Å². The van der Waals surface area contributed by atoms with Gasteiger partial charge in [0.05, 0.1) is 0 Å². The Bertz CT molecular complexity index is 1170. The molecule has 0 atom stereocenters. The van der Waals surface area contributed by atoms with Gasteiger partial charge in [0.25, 0.3) is 10.0 Å². The lowest BCUT2D eigenvalue weighted by Crippen LogP contribution is -2.41. The van der Waals surface area contributed by atoms with Crippen molar-refractivity contribution < 1.29 is 17.6 Å². The number of amides is 1. The van der Waals surface area contributed by atoms with Crippen LogP contribution in [0.25, 0.3) is 11.5 Å². The highest BCUT2D eigenvalue weighted by atomic mass is 32.2. The van der Waals surface area contributed by atoms with Crippen molar-refractivity contribution in [1.82, 2.24) is 14.5 Å². The van der Waals surface area contributed by atoms with E-state index >= 15 is 0 Å². The molecule has 0 saturated carbocycles. The Kier molecular flexibility index (Phi) is 6.99. The Morgan fingerprint density at radius 1 is 1.22 bits per heavy atom. The summed E-state index contributed by atoms with van der Waals surface area (Å²) in [6, 6.07) is 11.2. The van der Waals surface area contributed by atoms with Crippen molar-refractivity contribution in [3.8, 4) is 11.5 Å². The number of piperidine rings is 1. The van der Waals surface area contributed by atoms with Crippen molar-refractivity contribution in [2.24, 2.45) is 5.92 Å². The molecule has 1 saturated heterocycles. The molecular weight excluding hydrogens is 468 g/mol. The van der Waals surface area contributed by atoms with Crippen LogP contribution in [-0.4, -0.2) is 47.2 Å². The molecule has 0 bridgehead atoms. The number of rotatable bonds is 7. The summed E-state index contributed by atoms with van der Waals surface area (Å²) in [4.78, 5) is 13.8. The van der Waals surface area contributed by atoms with Gasteiger partial charge in [-0.05, 0) is 42.5 Å². The second-order valence-corrected chi connectivity index (χ2v) is 12.5. The van der Waals surface area contributed by atoms with Crippen LogP contribution in [0.2, 0.25) is 0 Å². The van der Waals surface area contributed by atoms with Gasteiger partial charge in [0.15, 0.2) is 0 Å². The van der Waals surface area contributed by atoms with Gasteiger partial charge < -0.3 is 4.42 Å². The van der Waals surface area contributed by atoms with Crippen LogP contribution >= 0.6 is 23.1 Å². The summed E-state index contributed by atoms with van der Waals surface area (Å²) in [5.41, 5.74) is 0.788. The maximum Gasteiger partial charge on any atom is 0.322 e. The minimum absolute atomic E-state index is 0.0422. The zero-order valence-electron chi connectivity index (χ0n) is 17.7. The lowest BCUT2D eigenvalue weighted by Gasteiger charge is -2.29. The Balaban J connectivity index is 1.35. The summed E-state index contributed by atoms with van der Waals surface area (Å²) in [5.74, 6) is -0.216. The molecule has 1 aromatic carbocycles. The SMILES string of the molecule is CC(C)Sc1cccc(-c2nnc(NC(=O)C3CCN(S(=O)(=O)c4cccs4)CC3)o2)c1. The average Bonchev–Trinajstić information content (AvgIpc) is 3.46. The van der Waals surface area contributed by atoms with Gasteiger partial charge in [0.2, 0.25) is 11.8 Å². The summed E-state index contributed by atoms with van der Waals surface area (Å²) in [6.07, 6.45) is 0.873. The Hall–Kier alpha value is -2.21. The average molecular weight is 493 g/mol. The first-order chi connectivity index (χ1) is 15.3. The quantitative estimate of drug-likeness (QED) is 0.489. The molecule has 0 spiro atoms. The number of sulfonamides is 1. The molecule has 2 aromatic heterocycles. The van der Waals surface area contributed by atoms with Crippen molar-refractivity contribution in [2.45, 2.75) is 41.0 Å². The topological polar surface area (TPSA) is 105 Å². The summed E-state index contributed by atoms with van der Waals surface area (Å²) in [5, 5.41) is 12.9. The smallest absolute Gasteiger partial charge is 0.322 e. The number of nitrogens with zero attached hydrogens (tertiary/aromatic N) is 3. The van der Waals surface area contributed by atoms with Gasteiger partial charge >= 0.3 is 6.01 Å². The molecule has 1 aliphatic heterocycles. The molecule has 1 fully saturated rings. The summed E-state index contributed by atoms with van der Waals surface area (Å²) < 4.78 is 32.7. The van der Waals surface area contributed by atoms with E-state index in [-0.39, 0.29) is 17.8 Å². The number of nitrogens with one attached hydrogen (secondary N) is 1. The molecule has 3 aromatic rings. The minimum Gasteiger partial charge on any atom is -0.403 e. The van der Waals surface area contributed by atoms with E-state index in [1.165, 1.54) is 15.6 Å². The molecule has 1 aliphatic rings. The zero-order valence-corrected chi connectivity index (χ0v) is 20.2. The normalized spacial score (nSPS) is 15.8. The Morgan fingerprint density at radius 3 is 2.69 bits per heavy atom. The highest BCUT2D eigenvalue weighted by Gasteiger charge is 2.33. The summed E-state index contributed by atoms with van der Waals surface area (Å²) >= 11 is 2.94. The number of benzene rings is 1. The molecule has 0 radical (unpaired) electrons. The maximum absolute atomic E-state index is 12.7. The standard InChI is InChI=1S/C21H24N4O4S3/c1-14(2)31-17-6-3-5-16(13-17)20-23-24-21(29-20)22-19(26)15-8-10-25(11-9-15)32(27,28)18-7-4-12-30-18/h3-7,12-15H,8-11H2,1-2H3,(H,22,24,26). The van der Waals surface area contributed by atoms with Gasteiger partial charge in [-0.2, -0.15) is 4.31 Å². The van der Waals surface area contributed by atoms with Gasteiger partial charge in [-0.25, -0.2) is 8.42 Å². The van der Waals surface area contributed by atoms with E-state index in [9.17, 15) is 13.2 Å². The largest absolute Gasteiger partial charge is 0.403 e. The number of anilines is 1. The molecule has 0 unspecified atom stereocenters. The predicted octanol–water partition coefficient (Wildman–Crippen LogP) is 4.34. The van der Waals surface area contributed by atoms with Crippen molar-refractivity contribution >= 4 is 45.0 Å². The van der Waals surface area contributed by atoms with Crippen LogP contribution in [0, 0.1) is 5.92 Å². The molecule has 170 valence electrons. The molecule has 1 N–H and O–H groups in total. The maximum atomic E-state index is 12.7. The number of aromatic nitrogens is 2. The van der Waals surface area contributed by atoms with Gasteiger partial charge in [0, 0.05) is 34.7 Å². The van der Waals surface area contributed by atoms with E-state index in [1.807, 2.05) is 24.3 Å². The number of carbonyl (C=O) groups excluding carboxylic acids is 1. The van der Waals surface area contributed by atoms with E-state index in [0.717, 1.165) is 10.5 Å². The first-order valence-corrected chi connectivity index (χ1v) is 13.5. The molecule has 0 aliphatic carbocycles. The Morgan fingerprint density at radius 2 is 2.00 bits per heavy atom. The van der Waals surface area contributed by atoms with E-state index in [1.54, 1.807) is 29.3 Å². The van der Waals surface area contributed by atoms with Crippen molar-refractivity contribution in [3.63, 3.8) is 0 Å². The van der Waals surface area contributed by atoms with Gasteiger partial charge in [-0.1, -0.05) is 31.1 Å². The predicted molar refractivity (Wildman–Crippen MR) is 125 cm³/mol. The fraction of sp³-hybridized carbons (Fsp3) is 0.381. The number of thioether (sulfide) groups is 1. The fourth-order valence-corrected chi connectivity index (χ4v) is 6.98. The monoisotopic (exact) mass is 492 g/mol. The van der Waals surface area contributed by atoms with Crippen LogP contribution in [-0.2, 0) is 14.8 Å². The number of hydrogen-bond donors (Lipinski definition) is 1. The molecule has 8 nitrogen and oxygen atoms in total. The second kappa shape index (κ2) is 9.74. The number of thiophene rings is 1. The number of carbonyl (C=O) groups is 1. The van der Waals surface area contributed by atoms with Crippen LogP contribution in [0.1, 0.15) is 26.7 Å². The van der Waals surface area contributed by atoms with E-state index in [2.05, 4.69) is 29.4 Å². The first-order valence-electron chi connectivity index (χ1n) is 10.3. The van der Waals surface area contributed by atoms with Crippen molar-refractivity contribution in [1.29, 1.82) is 0 Å². The second-order valence-electron chi connectivity index (χ2n) is 7.71. The van der Waals surface area contributed by atoms with E-state index in [4.69, 9.17) is 4.42 Å². The zero-order chi connectivity index (χ0) is 22.7. The van der Waals surface area contributed by atoms with Gasteiger partial charge in [-0.15, -0.1) is 28.2 Å². The van der Waals surface area contributed by atoms with Gasteiger partial charge in [0.1, 0.15) is 4.21 Å². The first kappa shape index (κ1) is 23.0. The van der Waals surface area contributed by atoms with Crippen LogP contribution in [0.15, 0.2) is 55.3 Å². The fourth-order valence-electron chi connectivity index (χ4n) is 3.47. The minimum atomic E-state index is -3.49. The van der Waals surface area contributed by atoms with Crippen molar-refractivity contribution in [3.05, 3.63) is 41.8 Å². The summed E-state index contributed by atoms with van der Waals surface area (Å²) in [7, 11) is -3.49. The molecule has 32 heavy (non-hydrogen) atoms. The third kappa shape index (κ3) is 5.22. The van der Waals surface area contributed by atoms with Crippen LogP contribution in [0.3, 0.4) is 0 Å². The highest BCUT2D eigenvalue weighted by molar-refractivity contribution is 7.99. The molecule has 3 heterocycles. The highest BCUT2D eigenvalue weighted by Crippen LogP contribution is 2.29. The van der Waals surface area contributed by atoms with Crippen LogP contribution < -0.4 is 5.32 Å². The van der Waals surface area contributed by atoms with Gasteiger partial charge in [-0.3, -0.25) is 10.1 Å². The van der Waals surface area contributed by atoms with E-state index < -0.39 is 10.0 Å². The molecular formula is C21H24N4O4S3. The van der Waals surface area contributed by atoms with E-state index in [0.29, 0.717) is 41.3 Å². The van der Waals surface area contributed by atoms with Crippen molar-refractivity contribution in [2.75, 3.05) is 18.4 Å². The Labute approximate surface area is 195 Å². The number of hydrogen-bond acceptors (Lipinski definition) is 8.